The number of alkyl carbamates (subject to hydrolysis) is 1. The Hall–Kier alpha value is -2.66. The van der Waals surface area contributed by atoms with E-state index in [1.165, 1.54) is 70.6 Å². The van der Waals surface area contributed by atoms with Gasteiger partial charge < -0.3 is 14.8 Å². The highest BCUT2D eigenvalue weighted by Crippen LogP contribution is 2.15. The van der Waals surface area contributed by atoms with E-state index < -0.39 is 6.09 Å². The molecule has 0 unspecified atom stereocenters. The molecule has 1 amide bonds. The summed E-state index contributed by atoms with van der Waals surface area (Å²) in [4.78, 5) is 25.2. The second-order valence-electron chi connectivity index (χ2n) is 10.3. The summed E-state index contributed by atoms with van der Waals surface area (Å²) in [6.45, 7) is 1.12. The van der Waals surface area contributed by atoms with Gasteiger partial charge in [-0.05, 0) is 18.4 Å². The van der Waals surface area contributed by atoms with E-state index in [0.29, 0.717) is 5.56 Å². The average molecular weight is 524 g/mol. The fraction of sp³-hybridized carbons (Fsp3) is 0.576. The molecule has 0 bridgehead atoms. The van der Waals surface area contributed by atoms with Crippen LogP contribution in [0.5, 0.6) is 0 Å². The Morgan fingerprint density at radius 2 is 1.18 bits per heavy atom. The lowest BCUT2D eigenvalue weighted by molar-refractivity contribution is 0.0960. The van der Waals surface area contributed by atoms with Crippen molar-refractivity contribution in [2.24, 2.45) is 0 Å². The number of amides is 1. The van der Waals surface area contributed by atoms with Crippen molar-refractivity contribution in [2.75, 3.05) is 13.7 Å². The molecule has 0 heterocycles. The lowest BCUT2D eigenvalue weighted by Crippen LogP contribution is -2.36. The normalized spacial score (nSPS) is 11.7. The van der Waals surface area contributed by atoms with Crippen LogP contribution in [0.2, 0.25) is 0 Å². The summed E-state index contributed by atoms with van der Waals surface area (Å²) in [6, 6.07) is 18.7. The van der Waals surface area contributed by atoms with Gasteiger partial charge in [0.25, 0.3) is 0 Å². The first-order valence-electron chi connectivity index (χ1n) is 14.7. The van der Waals surface area contributed by atoms with Crippen LogP contribution >= 0.6 is 0 Å². The van der Waals surface area contributed by atoms with Gasteiger partial charge in [0, 0.05) is 31.7 Å². The minimum atomic E-state index is -0.463. The summed E-state index contributed by atoms with van der Waals surface area (Å²) < 4.78 is 10.5. The third kappa shape index (κ3) is 15.6. The number of carbonyl (C=O) groups excluding carboxylic acids is 2. The maximum Gasteiger partial charge on any atom is 0.407 e. The molecule has 1 atom stereocenters. The Bertz CT molecular complexity index is 856. The van der Waals surface area contributed by atoms with Gasteiger partial charge in [-0.3, -0.25) is 4.79 Å². The summed E-state index contributed by atoms with van der Waals surface area (Å²) in [5, 5.41) is 2.95. The molecule has 0 saturated heterocycles. The van der Waals surface area contributed by atoms with Gasteiger partial charge in [0.1, 0.15) is 6.61 Å². The summed E-state index contributed by atoms with van der Waals surface area (Å²) in [5.74, 6) is 0.0499. The van der Waals surface area contributed by atoms with Crippen molar-refractivity contribution >= 4 is 11.9 Å². The first kappa shape index (κ1) is 31.6. The van der Waals surface area contributed by atoms with Crippen molar-refractivity contribution in [1.29, 1.82) is 0 Å². The predicted octanol–water partition coefficient (Wildman–Crippen LogP) is 8.66. The Morgan fingerprint density at radius 1 is 0.684 bits per heavy atom. The van der Waals surface area contributed by atoms with Crippen molar-refractivity contribution in [1.82, 2.24) is 5.32 Å². The van der Waals surface area contributed by atoms with Crippen molar-refractivity contribution in [3.05, 3.63) is 71.8 Å². The van der Waals surface area contributed by atoms with Crippen LogP contribution in [0.1, 0.15) is 112 Å². The van der Waals surface area contributed by atoms with Crippen molar-refractivity contribution < 1.29 is 19.1 Å². The van der Waals surface area contributed by atoms with Crippen molar-refractivity contribution in [2.45, 2.75) is 109 Å². The number of unbranched alkanes of at least 4 members (excludes halogenated alkanes) is 12. The van der Waals surface area contributed by atoms with Crippen LogP contribution in [0.4, 0.5) is 4.79 Å². The molecule has 2 aromatic rings. The molecule has 5 nitrogen and oxygen atoms in total. The maximum atomic E-state index is 12.8. The Labute approximate surface area is 230 Å². The monoisotopic (exact) mass is 523 g/mol. The Balaban J connectivity index is 1.60. The molecule has 0 spiro atoms. The molecular formula is C33H49NO4. The van der Waals surface area contributed by atoms with E-state index in [-0.39, 0.29) is 24.9 Å². The van der Waals surface area contributed by atoms with E-state index in [1.54, 1.807) is 7.11 Å². The second kappa shape index (κ2) is 21.3. The molecule has 210 valence electrons. The van der Waals surface area contributed by atoms with Crippen LogP contribution in [0.25, 0.3) is 0 Å². The van der Waals surface area contributed by atoms with Gasteiger partial charge in [-0.15, -0.1) is 0 Å². The first-order valence-corrected chi connectivity index (χ1v) is 14.7. The number of ketones is 1. The molecule has 0 aliphatic rings. The molecule has 0 saturated carbocycles. The largest absolute Gasteiger partial charge is 0.445 e. The molecule has 2 rings (SSSR count). The van der Waals surface area contributed by atoms with E-state index in [0.717, 1.165) is 31.4 Å². The number of hydrogen-bond donors (Lipinski definition) is 1. The zero-order valence-corrected chi connectivity index (χ0v) is 23.5. The van der Waals surface area contributed by atoms with Crippen molar-refractivity contribution in [3.8, 4) is 0 Å². The molecule has 5 heteroatoms. The van der Waals surface area contributed by atoms with E-state index >= 15 is 0 Å². The maximum absolute atomic E-state index is 12.8. The highest BCUT2D eigenvalue weighted by atomic mass is 16.5. The van der Waals surface area contributed by atoms with Crippen LogP contribution in [0.15, 0.2) is 60.7 Å². The molecular weight excluding hydrogens is 474 g/mol. The van der Waals surface area contributed by atoms with Gasteiger partial charge in [0.2, 0.25) is 0 Å². The number of Topliss-reactive ketones (excluding diaryl/α,β-unsaturated/α-hetero) is 1. The highest BCUT2D eigenvalue weighted by molar-refractivity contribution is 5.96. The molecule has 0 radical (unpaired) electrons. The minimum absolute atomic E-state index is 0.0499. The molecule has 1 N–H and O–H groups in total. The van der Waals surface area contributed by atoms with Gasteiger partial charge in [0.05, 0.1) is 0 Å². The minimum Gasteiger partial charge on any atom is -0.445 e. The number of hydrogen-bond acceptors (Lipinski definition) is 4. The molecule has 0 fully saturated rings. The van der Waals surface area contributed by atoms with Gasteiger partial charge in [-0.2, -0.15) is 0 Å². The SMILES string of the molecule is COCCCCCCCCCCCCCCC[C@H](CC(=O)c1ccccc1)NC(=O)OCc1ccccc1. The van der Waals surface area contributed by atoms with Crippen LogP contribution < -0.4 is 5.32 Å². The number of rotatable bonds is 22. The third-order valence-corrected chi connectivity index (χ3v) is 6.96. The molecule has 0 aromatic heterocycles. The first-order chi connectivity index (χ1) is 18.7. The van der Waals surface area contributed by atoms with E-state index in [1.807, 2.05) is 60.7 Å². The van der Waals surface area contributed by atoms with Crippen LogP contribution in [-0.2, 0) is 16.1 Å². The zero-order valence-electron chi connectivity index (χ0n) is 23.5. The van der Waals surface area contributed by atoms with Gasteiger partial charge in [-0.1, -0.05) is 138 Å². The lowest BCUT2D eigenvalue weighted by Gasteiger charge is -2.18. The average Bonchev–Trinajstić information content (AvgIpc) is 2.95. The van der Waals surface area contributed by atoms with E-state index in [9.17, 15) is 9.59 Å². The van der Waals surface area contributed by atoms with Gasteiger partial charge in [-0.25, -0.2) is 4.79 Å². The number of nitrogens with one attached hydrogen (secondary N) is 1. The second-order valence-corrected chi connectivity index (χ2v) is 10.3. The molecule has 2 aromatic carbocycles. The molecule has 38 heavy (non-hydrogen) atoms. The van der Waals surface area contributed by atoms with E-state index in [2.05, 4.69) is 5.32 Å². The Morgan fingerprint density at radius 3 is 1.74 bits per heavy atom. The van der Waals surface area contributed by atoms with E-state index in [4.69, 9.17) is 9.47 Å². The topological polar surface area (TPSA) is 64.6 Å². The summed E-state index contributed by atoms with van der Waals surface area (Å²) in [7, 11) is 1.77. The van der Waals surface area contributed by atoms with Crippen molar-refractivity contribution in [3.63, 3.8) is 0 Å². The summed E-state index contributed by atoms with van der Waals surface area (Å²) in [6.07, 6.45) is 17.0. The lowest BCUT2D eigenvalue weighted by atomic mass is 9.98. The third-order valence-electron chi connectivity index (χ3n) is 6.96. The zero-order chi connectivity index (χ0) is 27.1. The summed E-state index contributed by atoms with van der Waals surface area (Å²) in [5.41, 5.74) is 1.63. The number of methoxy groups -OCH3 is 1. The molecule has 0 aliphatic heterocycles. The van der Waals surface area contributed by atoms with Crippen LogP contribution in [0, 0.1) is 0 Å². The fourth-order valence-electron chi connectivity index (χ4n) is 4.70. The van der Waals surface area contributed by atoms with Gasteiger partial charge >= 0.3 is 6.09 Å². The highest BCUT2D eigenvalue weighted by Gasteiger charge is 2.18. The number of ether oxygens (including phenoxy) is 2. The number of benzene rings is 2. The smallest absolute Gasteiger partial charge is 0.407 e. The predicted molar refractivity (Wildman–Crippen MR) is 155 cm³/mol. The fourth-order valence-corrected chi connectivity index (χ4v) is 4.70. The Kier molecular flexibility index (Phi) is 17.7. The van der Waals surface area contributed by atoms with Gasteiger partial charge in [0.15, 0.2) is 5.78 Å². The quantitative estimate of drug-likeness (QED) is 0.124. The standard InChI is InChI=1S/C33H49NO4/c1-37-26-20-12-10-8-6-4-2-3-5-7-9-11-19-25-31(27-32(35)30-23-17-14-18-24-30)34-33(36)38-28-29-21-15-13-16-22-29/h13-18,21-24,31H,2-12,19-20,25-28H2,1H3,(H,34,36)/t31-/m1/s1. The number of carbonyl (C=O) groups is 2. The van der Waals surface area contributed by atoms with Crippen LogP contribution in [-0.4, -0.2) is 31.6 Å². The van der Waals surface area contributed by atoms with Crippen LogP contribution in [0.3, 0.4) is 0 Å². The summed E-state index contributed by atoms with van der Waals surface area (Å²) >= 11 is 0. The molecule has 0 aliphatic carbocycles.